The maximum Gasteiger partial charge on any atom is 0.0689 e. The number of nitrogens with zero attached hydrogens (tertiary/aromatic N) is 1. The van der Waals surface area contributed by atoms with E-state index in [0.29, 0.717) is 0 Å². The van der Waals surface area contributed by atoms with Crippen molar-refractivity contribution in [1.29, 1.82) is 0 Å². The van der Waals surface area contributed by atoms with Crippen LogP contribution in [-0.2, 0) is 25.8 Å². The maximum atomic E-state index is 8.25. The van der Waals surface area contributed by atoms with Crippen molar-refractivity contribution in [3.05, 3.63) is 15.3 Å². The summed E-state index contributed by atoms with van der Waals surface area (Å²) in [7, 11) is 0. The van der Waals surface area contributed by atoms with E-state index in [-0.39, 0.29) is 53.2 Å². The Bertz CT molecular complexity index is 32.2. The van der Waals surface area contributed by atoms with Crippen LogP contribution in [0.3, 0.4) is 0 Å². The van der Waals surface area contributed by atoms with E-state index in [1.807, 2.05) is 0 Å². The molecule has 0 aliphatic rings. The van der Waals surface area contributed by atoms with Crippen molar-refractivity contribution >= 4 is 0 Å². The van der Waals surface area contributed by atoms with Gasteiger partial charge in [0.15, 0.2) is 0 Å². The summed E-state index contributed by atoms with van der Waals surface area (Å²) in [5, 5.41) is 14.8. The summed E-state index contributed by atoms with van der Waals surface area (Å²) in [6.07, 6.45) is 0. The molecule has 0 fully saturated rings. The molecule has 0 aromatic heterocycles. The van der Waals surface area contributed by atoms with E-state index in [0.717, 1.165) is 0 Å². The third-order valence-electron chi connectivity index (χ3n) is 0. The second-order valence-corrected chi connectivity index (χ2v) is 0.224. The standard InChI is InChI=1S/NO3.5H2O.Sc/c2-1(3)4;;;;;;/h;5*1H2;/q-1;;;;;;. The van der Waals surface area contributed by atoms with Gasteiger partial charge in [-0.25, -0.2) is 0 Å². The molecule has 0 amide bonds. The Balaban J connectivity index is -0.00000000300. The molecule has 10 heavy (non-hydrogen) atoms. The predicted molar refractivity (Wildman–Crippen MR) is 28.4 cm³/mol. The third kappa shape index (κ3) is 22000. The molecule has 0 saturated heterocycles. The van der Waals surface area contributed by atoms with Gasteiger partial charge in [-0.2, -0.15) is 0 Å². The van der Waals surface area contributed by atoms with Gasteiger partial charge in [0.25, 0.3) is 0 Å². The van der Waals surface area contributed by atoms with Gasteiger partial charge >= 0.3 is 0 Å². The minimum atomic E-state index is -1.75. The van der Waals surface area contributed by atoms with E-state index in [1.54, 1.807) is 0 Å². The molecule has 0 heterocycles. The van der Waals surface area contributed by atoms with Crippen LogP contribution in [0.1, 0.15) is 0 Å². The Labute approximate surface area is 74.1 Å². The molecule has 10 N–H and O–H groups in total. The average Bonchev–Trinajstić information content (AvgIpc) is 0.811. The summed E-state index contributed by atoms with van der Waals surface area (Å²) in [4.78, 5) is 8.25. The molecule has 0 spiro atoms. The maximum absolute atomic E-state index is 8.25. The van der Waals surface area contributed by atoms with Crippen LogP contribution in [0.4, 0.5) is 0 Å². The molecule has 9 nitrogen and oxygen atoms in total. The SMILES string of the molecule is O.O.O.O.O.O=[N+]([O-])[O-].[Sc]. The van der Waals surface area contributed by atoms with Crippen molar-refractivity contribution < 1.29 is 58.3 Å². The Hall–Kier alpha value is -0.130. The first-order chi connectivity index (χ1) is 1.73. The normalized spacial score (nSPS) is 2.40. The van der Waals surface area contributed by atoms with E-state index in [1.165, 1.54) is 0 Å². The third-order valence-corrected chi connectivity index (χ3v) is 0. The van der Waals surface area contributed by atoms with Crippen molar-refractivity contribution in [1.82, 2.24) is 0 Å². The van der Waals surface area contributed by atoms with Gasteiger partial charge in [-0.15, -0.1) is 0 Å². The van der Waals surface area contributed by atoms with Crippen LogP contribution in [0.5, 0.6) is 0 Å². The molecule has 0 bridgehead atoms. The Morgan fingerprint density at radius 1 is 0.800 bits per heavy atom. The van der Waals surface area contributed by atoms with Crippen molar-refractivity contribution in [2.45, 2.75) is 0 Å². The van der Waals surface area contributed by atoms with Gasteiger partial charge in [-0.3, -0.25) is 0 Å². The first-order valence-electron chi connectivity index (χ1n) is 0.548. The molecule has 0 aliphatic carbocycles. The fourth-order valence-corrected chi connectivity index (χ4v) is 0. The molecular weight excluding hydrogens is 187 g/mol. The molecule has 0 rings (SSSR count). The van der Waals surface area contributed by atoms with Crippen molar-refractivity contribution in [3.8, 4) is 0 Å². The molecule has 67 valence electrons. The molecule has 10 heteroatoms. The first kappa shape index (κ1) is 94.3. The summed E-state index contributed by atoms with van der Waals surface area (Å²) in [6, 6.07) is 0. The quantitative estimate of drug-likeness (QED) is 0.277. The van der Waals surface area contributed by atoms with Gasteiger partial charge in [0.05, 0.1) is 5.09 Å². The van der Waals surface area contributed by atoms with Crippen LogP contribution in [0.25, 0.3) is 0 Å². The van der Waals surface area contributed by atoms with E-state index in [2.05, 4.69) is 0 Å². The summed E-state index contributed by atoms with van der Waals surface area (Å²) in [5.41, 5.74) is 0. The van der Waals surface area contributed by atoms with Crippen LogP contribution in [0, 0.1) is 15.3 Å². The molecule has 0 aromatic rings. The average molecular weight is 197 g/mol. The Morgan fingerprint density at radius 2 is 0.800 bits per heavy atom. The van der Waals surface area contributed by atoms with Gasteiger partial charge in [0, 0.05) is 25.8 Å². The number of hydrogen-bond donors (Lipinski definition) is 0. The van der Waals surface area contributed by atoms with Crippen LogP contribution in [0.2, 0.25) is 0 Å². The largest absolute Gasteiger partial charge is 0.412 e. The minimum absolute atomic E-state index is 0. The van der Waals surface area contributed by atoms with Gasteiger partial charge < -0.3 is 42.7 Å². The van der Waals surface area contributed by atoms with E-state index >= 15 is 0 Å². The molecule has 1 radical (unpaired) electrons. The van der Waals surface area contributed by atoms with Gasteiger partial charge in [0.1, 0.15) is 0 Å². The van der Waals surface area contributed by atoms with Crippen molar-refractivity contribution in [2.75, 3.05) is 0 Å². The molecule has 0 atom stereocenters. The zero-order valence-corrected chi connectivity index (χ0v) is 6.55. The van der Waals surface area contributed by atoms with Gasteiger partial charge in [-0.1, -0.05) is 0 Å². The molecular formula is H10NO8Sc-. The molecule has 0 saturated carbocycles. The molecule has 0 aliphatic heterocycles. The Morgan fingerprint density at radius 3 is 0.800 bits per heavy atom. The fraction of sp³-hybridized carbons (Fsp3) is 0. The zero-order valence-electron chi connectivity index (χ0n) is 4.75. The van der Waals surface area contributed by atoms with Gasteiger partial charge in [0.2, 0.25) is 0 Å². The predicted octanol–water partition coefficient (Wildman–Crippen LogP) is -4.37. The number of hydrogen-bond acceptors (Lipinski definition) is 3. The summed E-state index contributed by atoms with van der Waals surface area (Å²) < 4.78 is 0. The van der Waals surface area contributed by atoms with Crippen LogP contribution in [0.15, 0.2) is 0 Å². The zero-order chi connectivity index (χ0) is 3.58. The Kier molecular flexibility index (Phi) is 629. The minimum Gasteiger partial charge on any atom is -0.412 e. The first-order valence-corrected chi connectivity index (χ1v) is 0.548. The van der Waals surface area contributed by atoms with Crippen LogP contribution in [-0.4, -0.2) is 32.5 Å². The number of rotatable bonds is 0. The molecule has 0 aromatic carbocycles. The second kappa shape index (κ2) is 66.7. The van der Waals surface area contributed by atoms with Crippen LogP contribution >= 0.6 is 0 Å². The summed E-state index contributed by atoms with van der Waals surface area (Å²) in [5.74, 6) is 0. The smallest absolute Gasteiger partial charge is 0.0689 e. The van der Waals surface area contributed by atoms with Crippen LogP contribution < -0.4 is 0 Å². The van der Waals surface area contributed by atoms with Crippen molar-refractivity contribution in [3.63, 3.8) is 0 Å². The van der Waals surface area contributed by atoms with Gasteiger partial charge in [-0.05, 0) is 0 Å². The topological polar surface area (TPSA) is 224 Å². The van der Waals surface area contributed by atoms with E-state index in [9.17, 15) is 0 Å². The fourth-order valence-electron chi connectivity index (χ4n) is 0. The van der Waals surface area contributed by atoms with E-state index in [4.69, 9.17) is 15.3 Å². The second-order valence-electron chi connectivity index (χ2n) is 0.224. The van der Waals surface area contributed by atoms with E-state index < -0.39 is 5.09 Å². The molecule has 0 unspecified atom stereocenters. The van der Waals surface area contributed by atoms with Crippen molar-refractivity contribution in [2.24, 2.45) is 0 Å². The monoisotopic (exact) mass is 197 g/mol. The summed E-state index contributed by atoms with van der Waals surface area (Å²) in [6.45, 7) is 0. The summed E-state index contributed by atoms with van der Waals surface area (Å²) >= 11 is 0.